The van der Waals surface area contributed by atoms with Gasteiger partial charge in [-0.3, -0.25) is 14.1 Å². The minimum Gasteiger partial charge on any atom is -0.423 e. The maximum atomic E-state index is 13.7. The molecule has 0 saturated carbocycles. The van der Waals surface area contributed by atoms with Crippen LogP contribution < -0.4 is 10.5 Å². The lowest BCUT2D eigenvalue weighted by atomic mass is 9.87. The van der Waals surface area contributed by atoms with Gasteiger partial charge in [0.2, 0.25) is 0 Å². The molecule has 0 bridgehead atoms. The van der Waals surface area contributed by atoms with Gasteiger partial charge in [0.05, 0.1) is 11.1 Å². The van der Waals surface area contributed by atoms with Crippen LogP contribution in [-0.4, -0.2) is 53.7 Å². The number of hydroxylamine groups is 2. The third-order valence-electron chi connectivity index (χ3n) is 6.83. The van der Waals surface area contributed by atoms with Gasteiger partial charge in [0.1, 0.15) is 11.3 Å². The van der Waals surface area contributed by atoms with Gasteiger partial charge < -0.3 is 14.2 Å². The van der Waals surface area contributed by atoms with E-state index in [0.717, 1.165) is 6.07 Å². The number of rotatable bonds is 9. The van der Waals surface area contributed by atoms with E-state index in [2.05, 4.69) is 0 Å². The number of imide groups is 1. The Bertz CT molecular complexity index is 1590. The highest BCUT2D eigenvalue weighted by Crippen LogP contribution is 2.44. The summed E-state index contributed by atoms with van der Waals surface area (Å²) in [6.45, 7) is 3.80. The fourth-order valence-corrected chi connectivity index (χ4v) is 5.68. The third-order valence-corrected chi connectivity index (χ3v) is 7.50. The monoisotopic (exact) mass is 600 g/mol. The number of carbonyl (C=O) groups is 3. The zero-order valence-corrected chi connectivity index (χ0v) is 22.9. The summed E-state index contributed by atoms with van der Waals surface area (Å²) >= 11 is 0. The molecule has 2 aliphatic rings. The van der Waals surface area contributed by atoms with Gasteiger partial charge in [-0.15, -0.1) is 5.06 Å². The number of hydrogen-bond donors (Lipinski definition) is 1. The number of halogens is 3. The maximum absolute atomic E-state index is 13.7. The van der Waals surface area contributed by atoms with Crippen LogP contribution in [-0.2, 0) is 35.5 Å². The second kappa shape index (κ2) is 10.9. The zero-order chi connectivity index (χ0) is 30.3. The largest absolute Gasteiger partial charge is 0.423 e. The number of carbonyl (C=O) groups excluding carboxylic acids is 3. The van der Waals surface area contributed by atoms with Crippen molar-refractivity contribution in [2.45, 2.75) is 64.1 Å². The average molecular weight is 601 g/mol. The van der Waals surface area contributed by atoms with E-state index in [1.54, 1.807) is 24.8 Å². The fraction of sp³-hybridized carbons (Fsp3) is 0.462. The molecule has 1 fully saturated rings. The minimum absolute atomic E-state index is 0.0180. The quantitative estimate of drug-likeness (QED) is 0.194. The summed E-state index contributed by atoms with van der Waals surface area (Å²) in [5.41, 5.74) is -3.15. The Morgan fingerprint density at radius 1 is 1.07 bits per heavy atom. The molecular weight excluding hydrogens is 573 g/mol. The van der Waals surface area contributed by atoms with Crippen molar-refractivity contribution < 1.29 is 49.8 Å². The lowest BCUT2D eigenvalue weighted by molar-refractivity contribution is -0.197. The van der Waals surface area contributed by atoms with Gasteiger partial charge in [0, 0.05) is 54.6 Å². The molecule has 2 aliphatic heterocycles. The smallest absolute Gasteiger partial charge is 0.417 e. The van der Waals surface area contributed by atoms with Gasteiger partial charge in [-0.25, -0.2) is 9.59 Å². The molecule has 222 valence electrons. The molecule has 0 spiro atoms. The topological polar surface area (TPSA) is 151 Å². The summed E-state index contributed by atoms with van der Waals surface area (Å²) in [6, 6.07) is 2.68. The van der Waals surface area contributed by atoms with Crippen LogP contribution in [0.15, 0.2) is 33.5 Å². The number of hydrogen-bond acceptors (Lipinski definition) is 9. The molecule has 3 heterocycles. The average Bonchev–Trinajstić information content (AvgIpc) is 3.14. The van der Waals surface area contributed by atoms with Crippen LogP contribution in [0.5, 0.6) is 0 Å². The van der Waals surface area contributed by atoms with Crippen LogP contribution in [0.25, 0.3) is 16.5 Å². The van der Waals surface area contributed by atoms with E-state index < -0.39 is 61.9 Å². The van der Waals surface area contributed by atoms with Crippen molar-refractivity contribution in [3.8, 4) is 0 Å². The summed E-state index contributed by atoms with van der Waals surface area (Å²) in [4.78, 5) is 53.8. The standard InChI is InChI=1S/C26H27F3N2O9S/c1-25(2)13-15(14-41(36,37)38)16-10-17-18(26(27,28)29)11-24(35)39-20(17)12-19(16)30(25)9-5-3-4-6-23(34)40-31-21(32)7-8-22(31)33/h10-13H,3-9,14H2,1-2H3,(H,36,37,38). The van der Waals surface area contributed by atoms with Crippen LogP contribution in [0.3, 0.4) is 0 Å². The second-order valence-electron chi connectivity index (χ2n) is 10.4. The summed E-state index contributed by atoms with van der Waals surface area (Å²) in [5.74, 6) is -2.75. The molecule has 1 aromatic carbocycles. The molecule has 1 N–H and O–H groups in total. The molecule has 15 heteroatoms. The first-order valence-corrected chi connectivity index (χ1v) is 14.3. The first kappa shape index (κ1) is 30.2. The minimum atomic E-state index is -4.89. The van der Waals surface area contributed by atoms with Gasteiger partial charge in [-0.05, 0) is 38.3 Å². The van der Waals surface area contributed by atoms with E-state index in [1.165, 1.54) is 6.07 Å². The zero-order valence-electron chi connectivity index (χ0n) is 22.1. The summed E-state index contributed by atoms with van der Waals surface area (Å²) in [6.07, 6.45) is -2.13. The van der Waals surface area contributed by atoms with Crippen molar-refractivity contribution in [1.82, 2.24) is 5.06 Å². The van der Waals surface area contributed by atoms with Crippen molar-refractivity contribution in [3.05, 3.63) is 45.8 Å². The first-order valence-electron chi connectivity index (χ1n) is 12.7. The number of fused-ring (bicyclic) bond motifs is 2. The number of amides is 2. The maximum Gasteiger partial charge on any atom is 0.417 e. The van der Waals surface area contributed by atoms with E-state index in [1.807, 2.05) is 0 Å². The fourth-order valence-electron chi connectivity index (χ4n) is 5.05. The molecule has 4 rings (SSSR count). The van der Waals surface area contributed by atoms with Crippen LogP contribution >= 0.6 is 0 Å². The Balaban J connectivity index is 1.58. The van der Waals surface area contributed by atoms with Gasteiger partial charge in [0.15, 0.2) is 0 Å². The molecule has 0 radical (unpaired) electrons. The molecule has 0 aliphatic carbocycles. The number of unbranched alkanes of at least 4 members (excludes halogenated alkanes) is 2. The van der Waals surface area contributed by atoms with Crippen LogP contribution in [0.4, 0.5) is 18.9 Å². The van der Waals surface area contributed by atoms with Crippen molar-refractivity contribution in [2.75, 3.05) is 17.2 Å². The second-order valence-corrected chi connectivity index (χ2v) is 11.9. The molecular formula is C26H27F3N2O9S. The van der Waals surface area contributed by atoms with Crippen molar-refractivity contribution in [2.24, 2.45) is 0 Å². The van der Waals surface area contributed by atoms with Crippen molar-refractivity contribution in [1.29, 1.82) is 0 Å². The Kier molecular flexibility index (Phi) is 8.06. The SMILES string of the molecule is CC1(C)C=C(CS(=O)(=O)O)c2cc3c(C(F)(F)F)cc(=O)oc3cc2N1CCCCCC(=O)ON1C(=O)CCC1=O. The molecule has 41 heavy (non-hydrogen) atoms. The molecule has 0 atom stereocenters. The number of nitrogens with zero attached hydrogens (tertiary/aromatic N) is 2. The predicted molar refractivity (Wildman–Crippen MR) is 139 cm³/mol. The highest BCUT2D eigenvalue weighted by molar-refractivity contribution is 7.86. The van der Waals surface area contributed by atoms with Crippen LogP contribution in [0, 0.1) is 0 Å². The van der Waals surface area contributed by atoms with Gasteiger partial charge in [-0.1, -0.05) is 12.5 Å². The Morgan fingerprint density at radius 3 is 2.34 bits per heavy atom. The Hall–Kier alpha value is -3.72. The normalized spacial score (nSPS) is 17.2. The number of benzene rings is 1. The molecule has 2 aromatic rings. The van der Waals surface area contributed by atoms with Gasteiger partial charge in [-0.2, -0.15) is 21.6 Å². The van der Waals surface area contributed by atoms with Crippen LogP contribution in [0.2, 0.25) is 0 Å². The molecule has 2 amide bonds. The van der Waals surface area contributed by atoms with Crippen molar-refractivity contribution in [3.63, 3.8) is 0 Å². The lowest BCUT2D eigenvalue weighted by Crippen LogP contribution is -2.46. The Labute approximate surface area is 232 Å². The van der Waals surface area contributed by atoms with E-state index in [0.29, 0.717) is 42.6 Å². The summed E-state index contributed by atoms with van der Waals surface area (Å²) in [7, 11) is -4.55. The van der Waals surface area contributed by atoms with Crippen LogP contribution in [0.1, 0.15) is 63.5 Å². The van der Waals surface area contributed by atoms with Gasteiger partial charge >= 0.3 is 17.8 Å². The van der Waals surface area contributed by atoms with Gasteiger partial charge in [0.25, 0.3) is 21.9 Å². The molecule has 1 aromatic heterocycles. The van der Waals surface area contributed by atoms with E-state index >= 15 is 0 Å². The van der Waals surface area contributed by atoms with E-state index in [4.69, 9.17) is 9.25 Å². The van der Waals surface area contributed by atoms with Crippen molar-refractivity contribution >= 4 is 50.1 Å². The lowest BCUT2D eigenvalue weighted by Gasteiger charge is -2.44. The summed E-state index contributed by atoms with van der Waals surface area (Å²) < 4.78 is 79.3. The third kappa shape index (κ3) is 6.78. The highest BCUT2D eigenvalue weighted by atomic mass is 32.2. The number of anilines is 1. The summed E-state index contributed by atoms with van der Waals surface area (Å²) in [5, 5.41) is 0.0315. The van der Waals surface area contributed by atoms with E-state index in [9.17, 15) is 45.3 Å². The Morgan fingerprint density at radius 2 is 1.73 bits per heavy atom. The molecule has 0 unspecified atom stereocenters. The highest BCUT2D eigenvalue weighted by Gasteiger charge is 2.38. The van der Waals surface area contributed by atoms with E-state index in [-0.39, 0.29) is 36.0 Å². The number of alkyl halides is 3. The molecule has 1 saturated heterocycles. The first-order chi connectivity index (χ1) is 19.0. The molecule has 11 nitrogen and oxygen atoms in total. The predicted octanol–water partition coefficient (Wildman–Crippen LogP) is 3.85.